The Hall–Kier alpha value is -1.80. The van der Waals surface area contributed by atoms with Crippen LogP contribution in [0.4, 0.5) is 0 Å². The molecule has 1 aliphatic rings. The predicted molar refractivity (Wildman–Crippen MR) is 108 cm³/mol. The molecule has 140 valence electrons. The van der Waals surface area contributed by atoms with Crippen molar-refractivity contribution in [2.75, 3.05) is 0 Å². The van der Waals surface area contributed by atoms with Crippen molar-refractivity contribution in [2.24, 2.45) is 5.92 Å². The molecule has 1 saturated carbocycles. The maximum absolute atomic E-state index is 9.69. The molecule has 0 saturated heterocycles. The highest BCUT2D eigenvalue weighted by atomic mass is 14.3. The van der Waals surface area contributed by atoms with Crippen molar-refractivity contribution in [2.45, 2.75) is 96.8 Å². The quantitative estimate of drug-likeness (QED) is 0.449. The second kappa shape index (κ2) is 11.0. The molecule has 0 spiro atoms. The van der Waals surface area contributed by atoms with E-state index in [1.165, 1.54) is 64.2 Å². The Kier molecular flexibility index (Phi) is 8.70. The van der Waals surface area contributed by atoms with Gasteiger partial charge in [0.05, 0.1) is 11.1 Å². The van der Waals surface area contributed by atoms with E-state index in [0.29, 0.717) is 17.0 Å². The third kappa shape index (κ3) is 5.35. The van der Waals surface area contributed by atoms with Gasteiger partial charge in [0.25, 0.3) is 0 Å². The number of hydrogen-bond donors (Lipinski definition) is 0. The van der Waals surface area contributed by atoms with Crippen LogP contribution < -0.4 is 0 Å². The summed E-state index contributed by atoms with van der Waals surface area (Å²) < 4.78 is 0. The van der Waals surface area contributed by atoms with Gasteiger partial charge in [-0.2, -0.15) is 10.5 Å². The Balaban J connectivity index is 1.97. The molecule has 1 aromatic carbocycles. The molecule has 0 N–H and O–H groups in total. The summed E-state index contributed by atoms with van der Waals surface area (Å²) in [6.45, 7) is 4.38. The molecule has 26 heavy (non-hydrogen) atoms. The molecule has 1 aromatic rings. The van der Waals surface area contributed by atoms with Crippen LogP contribution in [0, 0.1) is 28.6 Å². The summed E-state index contributed by atoms with van der Waals surface area (Å²) in [5.74, 6) is 1.33. The minimum Gasteiger partial charge on any atom is -0.192 e. The SMILES string of the molecule is CCCCCCCC1CCC(c2ccc(CCC)c(C#N)c2C#N)CC1. The summed E-state index contributed by atoms with van der Waals surface area (Å²) in [4.78, 5) is 0. The van der Waals surface area contributed by atoms with E-state index >= 15 is 0 Å². The molecule has 1 fully saturated rings. The van der Waals surface area contributed by atoms with Crippen LogP contribution in [0.2, 0.25) is 0 Å². The number of aryl methyl sites for hydroxylation is 1. The maximum Gasteiger partial charge on any atom is 0.101 e. The lowest BCUT2D eigenvalue weighted by molar-refractivity contribution is 0.301. The number of unbranched alkanes of at least 4 members (excludes halogenated alkanes) is 4. The van der Waals surface area contributed by atoms with Crippen molar-refractivity contribution in [1.29, 1.82) is 10.5 Å². The fourth-order valence-electron chi connectivity index (χ4n) is 4.53. The molecule has 0 radical (unpaired) electrons. The zero-order valence-corrected chi connectivity index (χ0v) is 16.7. The average Bonchev–Trinajstić information content (AvgIpc) is 2.68. The maximum atomic E-state index is 9.69. The van der Waals surface area contributed by atoms with E-state index in [9.17, 15) is 10.5 Å². The Morgan fingerprint density at radius 2 is 1.54 bits per heavy atom. The second-order valence-electron chi connectivity index (χ2n) is 7.96. The van der Waals surface area contributed by atoms with Gasteiger partial charge in [0, 0.05) is 0 Å². The fraction of sp³-hybridized carbons (Fsp3) is 0.667. The largest absolute Gasteiger partial charge is 0.192 e. The van der Waals surface area contributed by atoms with Gasteiger partial charge in [-0.15, -0.1) is 0 Å². The fourth-order valence-corrected chi connectivity index (χ4v) is 4.53. The van der Waals surface area contributed by atoms with E-state index < -0.39 is 0 Å². The zero-order valence-electron chi connectivity index (χ0n) is 16.7. The van der Waals surface area contributed by atoms with Gasteiger partial charge >= 0.3 is 0 Å². The number of nitrogens with zero attached hydrogens (tertiary/aromatic N) is 2. The van der Waals surface area contributed by atoms with Crippen LogP contribution >= 0.6 is 0 Å². The molecule has 0 bridgehead atoms. The first-order valence-corrected chi connectivity index (χ1v) is 10.7. The topological polar surface area (TPSA) is 47.6 Å². The van der Waals surface area contributed by atoms with Gasteiger partial charge in [0.2, 0.25) is 0 Å². The van der Waals surface area contributed by atoms with Crippen LogP contribution in [-0.4, -0.2) is 0 Å². The summed E-state index contributed by atoms with van der Waals surface area (Å²) in [5.41, 5.74) is 3.45. The second-order valence-corrected chi connectivity index (χ2v) is 7.96. The van der Waals surface area contributed by atoms with E-state index in [1.807, 2.05) is 0 Å². The summed E-state index contributed by atoms with van der Waals surface area (Å²) >= 11 is 0. The van der Waals surface area contributed by atoms with Gasteiger partial charge in [-0.25, -0.2) is 0 Å². The van der Waals surface area contributed by atoms with Gasteiger partial charge in [-0.05, 0) is 55.1 Å². The van der Waals surface area contributed by atoms with Crippen LogP contribution in [0.25, 0.3) is 0 Å². The first kappa shape index (κ1) is 20.5. The Morgan fingerprint density at radius 1 is 0.846 bits per heavy atom. The minimum absolute atomic E-state index is 0.462. The lowest BCUT2D eigenvalue weighted by Gasteiger charge is -2.29. The number of hydrogen-bond acceptors (Lipinski definition) is 2. The molecule has 0 atom stereocenters. The summed E-state index contributed by atoms with van der Waals surface area (Å²) in [6.07, 6.45) is 15.0. The van der Waals surface area contributed by atoms with Crippen molar-refractivity contribution >= 4 is 0 Å². The molecule has 0 aliphatic heterocycles. The Morgan fingerprint density at radius 3 is 2.15 bits per heavy atom. The van der Waals surface area contributed by atoms with Crippen LogP contribution in [0.15, 0.2) is 12.1 Å². The number of rotatable bonds is 9. The Bertz CT molecular complexity index is 639. The smallest absolute Gasteiger partial charge is 0.101 e. The molecule has 2 heteroatoms. The molecule has 0 heterocycles. The van der Waals surface area contributed by atoms with Crippen LogP contribution in [0.1, 0.15) is 113 Å². The molecule has 0 amide bonds. The first-order chi connectivity index (χ1) is 12.7. The van der Waals surface area contributed by atoms with E-state index in [1.54, 1.807) is 0 Å². The summed E-state index contributed by atoms with van der Waals surface area (Å²) in [6, 6.07) is 8.90. The van der Waals surface area contributed by atoms with E-state index in [0.717, 1.165) is 29.9 Å². The lowest BCUT2D eigenvalue weighted by atomic mass is 9.75. The van der Waals surface area contributed by atoms with E-state index in [2.05, 4.69) is 38.1 Å². The highest BCUT2D eigenvalue weighted by Crippen LogP contribution is 2.40. The third-order valence-electron chi connectivity index (χ3n) is 6.07. The third-order valence-corrected chi connectivity index (χ3v) is 6.07. The van der Waals surface area contributed by atoms with Gasteiger partial charge in [0.1, 0.15) is 12.1 Å². The summed E-state index contributed by atoms with van der Waals surface area (Å²) in [7, 11) is 0. The highest BCUT2D eigenvalue weighted by Gasteiger charge is 2.25. The molecule has 2 nitrogen and oxygen atoms in total. The number of benzene rings is 1. The highest BCUT2D eigenvalue weighted by molar-refractivity contribution is 5.55. The number of nitriles is 2. The van der Waals surface area contributed by atoms with Gasteiger partial charge in [0.15, 0.2) is 0 Å². The van der Waals surface area contributed by atoms with Crippen molar-refractivity contribution in [3.63, 3.8) is 0 Å². The minimum atomic E-state index is 0.462. The molecular weight excluding hydrogens is 316 g/mol. The lowest BCUT2D eigenvalue weighted by Crippen LogP contribution is -2.15. The normalized spacial score (nSPS) is 19.7. The van der Waals surface area contributed by atoms with E-state index in [-0.39, 0.29) is 0 Å². The van der Waals surface area contributed by atoms with Crippen LogP contribution in [0.5, 0.6) is 0 Å². The standard InChI is InChI=1S/C24H34N2/c1-3-5-6-7-8-10-19-11-13-21(14-12-19)22-16-15-20(9-4-2)23(17-25)24(22)18-26/h15-16,19,21H,3-14H2,1-2H3. The van der Waals surface area contributed by atoms with Crippen molar-refractivity contribution in [3.8, 4) is 12.1 Å². The van der Waals surface area contributed by atoms with Crippen molar-refractivity contribution in [1.82, 2.24) is 0 Å². The molecule has 0 unspecified atom stereocenters. The molecule has 1 aliphatic carbocycles. The predicted octanol–water partition coefficient (Wildman–Crippen LogP) is 7.02. The Labute approximate surface area is 160 Å². The van der Waals surface area contributed by atoms with E-state index in [4.69, 9.17) is 0 Å². The van der Waals surface area contributed by atoms with Crippen molar-refractivity contribution in [3.05, 3.63) is 34.4 Å². The van der Waals surface area contributed by atoms with Gasteiger partial charge < -0.3 is 0 Å². The monoisotopic (exact) mass is 350 g/mol. The van der Waals surface area contributed by atoms with Crippen LogP contribution in [-0.2, 0) is 6.42 Å². The molecular formula is C24H34N2. The zero-order chi connectivity index (χ0) is 18.8. The van der Waals surface area contributed by atoms with Gasteiger partial charge in [-0.1, -0.05) is 70.9 Å². The van der Waals surface area contributed by atoms with Crippen molar-refractivity contribution < 1.29 is 0 Å². The molecule has 2 rings (SSSR count). The molecule has 0 aromatic heterocycles. The first-order valence-electron chi connectivity index (χ1n) is 10.7. The van der Waals surface area contributed by atoms with Crippen LogP contribution in [0.3, 0.4) is 0 Å². The van der Waals surface area contributed by atoms with Gasteiger partial charge in [-0.3, -0.25) is 0 Å². The average molecular weight is 351 g/mol. The summed E-state index contributed by atoms with van der Waals surface area (Å²) in [5, 5.41) is 19.3.